The van der Waals surface area contributed by atoms with Crippen molar-refractivity contribution in [2.24, 2.45) is 0 Å². The van der Waals surface area contributed by atoms with E-state index in [2.05, 4.69) is 217 Å². The van der Waals surface area contributed by atoms with Gasteiger partial charge in [-0.15, -0.1) is 0 Å². The monoisotopic (exact) mass is 685 g/mol. The van der Waals surface area contributed by atoms with E-state index in [1.54, 1.807) is 0 Å². The maximum Gasteiger partial charge on any atom is 0.0725 e. The molecule has 0 bridgehead atoms. The first-order chi connectivity index (χ1) is 26.8. The second kappa shape index (κ2) is 12.0. The van der Waals surface area contributed by atoms with Crippen molar-refractivity contribution in [3.05, 3.63) is 235 Å². The minimum Gasteiger partial charge on any atom is -0.311 e. The Bertz CT molecular complexity index is 2810. The number of para-hydroxylation sites is 1. The highest BCUT2D eigenvalue weighted by molar-refractivity contribution is 6.09. The summed E-state index contributed by atoms with van der Waals surface area (Å²) < 4.78 is 0. The van der Waals surface area contributed by atoms with Gasteiger partial charge in [0.1, 0.15) is 0 Å². The molecule has 9 aromatic carbocycles. The van der Waals surface area contributed by atoms with E-state index in [1.165, 1.54) is 77.5 Å². The van der Waals surface area contributed by atoms with Crippen molar-refractivity contribution in [2.45, 2.75) is 5.41 Å². The molecule has 0 N–H and O–H groups in total. The molecule has 0 amide bonds. The Balaban J connectivity index is 1.09. The van der Waals surface area contributed by atoms with Gasteiger partial charge in [-0.3, -0.25) is 0 Å². The summed E-state index contributed by atoms with van der Waals surface area (Å²) in [5.41, 5.74) is 18.6. The Morgan fingerprint density at radius 3 is 1.44 bits per heavy atom. The molecule has 1 nitrogen and oxygen atoms in total. The lowest BCUT2D eigenvalue weighted by molar-refractivity contribution is 0.794. The maximum absolute atomic E-state index is 2.41. The molecule has 0 saturated carbocycles. The normalized spacial score (nSPS) is 13.0. The molecule has 252 valence electrons. The summed E-state index contributed by atoms with van der Waals surface area (Å²) in [6, 6.07) is 78.0. The fraction of sp³-hybridized carbons (Fsp3) is 0.0189. The maximum atomic E-state index is 2.41. The SMILES string of the molecule is c1ccc(-c2ccc(N(c3ccccc3)c3ccc(-c4cccc5c4-c4c(ccc6ccccc46)C54c5ccccc5-c5ccccc54)cc3)cc2)cc1. The van der Waals surface area contributed by atoms with E-state index in [0.717, 1.165) is 17.1 Å². The number of hydrogen-bond acceptors (Lipinski definition) is 1. The van der Waals surface area contributed by atoms with Crippen molar-refractivity contribution in [1.29, 1.82) is 0 Å². The Morgan fingerprint density at radius 1 is 0.278 bits per heavy atom. The number of benzene rings is 9. The second-order valence-electron chi connectivity index (χ2n) is 14.4. The van der Waals surface area contributed by atoms with E-state index in [9.17, 15) is 0 Å². The molecule has 54 heavy (non-hydrogen) atoms. The molecule has 9 aromatic rings. The van der Waals surface area contributed by atoms with Gasteiger partial charge in [-0.2, -0.15) is 0 Å². The van der Waals surface area contributed by atoms with E-state index >= 15 is 0 Å². The summed E-state index contributed by atoms with van der Waals surface area (Å²) in [4.78, 5) is 2.35. The van der Waals surface area contributed by atoms with Gasteiger partial charge < -0.3 is 4.90 Å². The summed E-state index contributed by atoms with van der Waals surface area (Å²) in [5, 5.41) is 2.56. The lowest BCUT2D eigenvalue weighted by Gasteiger charge is -2.30. The molecular formula is C53H35N. The van der Waals surface area contributed by atoms with Gasteiger partial charge in [0.25, 0.3) is 0 Å². The van der Waals surface area contributed by atoms with E-state index in [-0.39, 0.29) is 0 Å². The van der Waals surface area contributed by atoms with Crippen LogP contribution in [0.5, 0.6) is 0 Å². The topological polar surface area (TPSA) is 3.24 Å². The van der Waals surface area contributed by atoms with Crippen molar-refractivity contribution >= 4 is 27.8 Å². The number of fused-ring (bicyclic) bond motifs is 12. The highest BCUT2D eigenvalue weighted by atomic mass is 15.1. The predicted molar refractivity (Wildman–Crippen MR) is 226 cm³/mol. The van der Waals surface area contributed by atoms with Gasteiger partial charge in [0.15, 0.2) is 0 Å². The van der Waals surface area contributed by atoms with Gasteiger partial charge in [-0.1, -0.05) is 176 Å². The third-order valence-electron chi connectivity index (χ3n) is 11.7. The van der Waals surface area contributed by atoms with Crippen LogP contribution >= 0.6 is 0 Å². The molecule has 1 heteroatoms. The van der Waals surface area contributed by atoms with Crippen molar-refractivity contribution in [2.75, 3.05) is 4.90 Å². The average molecular weight is 686 g/mol. The van der Waals surface area contributed by atoms with Gasteiger partial charge in [0.2, 0.25) is 0 Å². The van der Waals surface area contributed by atoms with E-state index in [0.29, 0.717) is 0 Å². The largest absolute Gasteiger partial charge is 0.311 e. The van der Waals surface area contributed by atoms with E-state index < -0.39 is 5.41 Å². The van der Waals surface area contributed by atoms with Crippen LogP contribution in [0.3, 0.4) is 0 Å². The van der Waals surface area contributed by atoms with Crippen LogP contribution in [0.4, 0.5) is 17.1 Å². The molecule has 0 aromatic heterocycles. The van der Waals surface area contributed by atoms with Crippen LogP contribution in [0.15, 0.2) is 212 Å². The molecule has 0 heterocycles. The Hall–Kier alpha value is -6.96. The molecule has 0 saturated heterocycles. The van der Waals surface area contributed by atoms with Crippen LogP contribution in [0, 0.1) is 0 Å². The van der Waals surface area contributed by atoms with Crippen LogP contribution in [-0.2, 0) is 5.41 Å². The van der Waals surface area contributed by atoms with Crippen LogP contribution in [-0.4, -0.2) is 0 Å². The van der Waals surface area contributed by atoms with Gasteiger partial charge in [0, 0.05) is 17.1 Å². The summed E-state index contributed by atoms with van der Waals surface area (Å²) in [6.07, 6.45) is 0. The van der Waals surface area contributed by atoms with Gasteiger partial charge >= 0.3 is 0 Å². The molecule has 2 aliphatic rings. The number of hydrogen-bond donors (Lipinski definition) is 0. The minimum atomic E-state index is -0.395. The predicted octanol–water partition coefficient (Wildman–Crippen LogP) is 14.0. The first-order valence-corrected chi connectivity index (χ1v) is 18.8. The van der Waals surface area contributed by atoms with Gasteiger partial charge in [0.05, 0.1) is 5.41 Å². The zero-order chi connectivity index (χ0) is 35.6. The summed E-state index contributed by atoms with van der Waals surface area (Å²) >= 11 is 0. The van der Waals surface area contributed by atoms with Gasteiger partial charge in [-0.25, -0.2) is 0 Å². The summed E-state index contributed by atoms with van der Waals surface area (Å²) in [5.74, 6) is 0. The third kappa shape index (κ3) is 4.39. The van der Waals surface area contributed by atoms with E-state index in [1.807, 2.05) is 0 Å². The highest BCUT2D eigenvalue weighted by Crippen LogP contribution is 2.65. The summed E-state index contributed by atoms with van der Waals surface area (Å²) in [7, 11) is 0. The first-order valence-electron chi connectivity index (χ1n) is 18.8. The van der Waals surface area contributed by atoms with Crippen LogP contribution in [0.1, 0.15) is 22.3 Å². The Labute approximate surface area is 316 Å². The molecule has 1 spiro atoms. The zero-order valence-corrected chi connectivity index (χ0v) is 29.7. The Kier molecular flexibility index (Phi) is 6.84. The minimum absolute atomic E-state index is 0.395. The Morgan fingerprint density at radius 2 is 0.759 bits per heavy atom. The van der Waals surface area contributed by atoms with Crippen molar-refractivity contribution in [3.63, 3.8) is 0 Å². The van der Waals surface area contributed by atoms with Crippen molar-refractivity contribution in [1.82, 2.24) is 0 Å². The van der Waals surface area contributed by atoms with Crippen LogP contribution < -0.4 is 4.90 Å². The number of anilines is 3. The van der Waals surface area contributed by atoms with Crippen molar-refractivity contribution < 1.29 is 0 Å². The lowest BCUT2D eigenvalue weighted by atomic mass is 9.70. The zero-order valence-electron chi connectivity index (χ0n) is 29.7. The number of rotatable bonds is 5. The van der Waals surface area contributed by atoms with E-state index in [4.69, 9.17) is 0 Å². The lowest BCUT2D eigenvalue weighted by Crippen LogP contribution is -2.25. The molecular weight excluding hydrogens is 651 g/mol. The molecule has 0 unspecified atom stereocenters. The van der Waals surface area contributed by atoms with Gasteiger partial charge in [-0.05, 0) is 114 Å². The molecule has 0 aliphatic heterocycles. The third-order valence-corrected chi connectivity index (χ3v) is 11.7. The van der Waals surface area contributed by atoms with Crippen LogP contribution in [0.2, 0.25) is 0 Å². The van der Waals surface area contributed by atoms with Crippen LogP contribution in [0.25, 0.3) is 55.3 Å². The second-order valence-corrected chi connectivity index (χ2v) is 14.4. The first kappa shape index (κ1) is 30.6. The fourth-order valence-corrected chi connectivity index (χ4v) is 9.44. The quantitative estimate of drug-likeness (QED) is 0.174. The fourth-order valence-electron chi connectivity index (χ4n) is 9.44. The molecule has 0 atom stereocenters. The molecule has 0 fully saturated rings. The number of nitrogens with zero attached hydrogens (tertiary/aromatic N) is 1. The standard InChI is InChI=1S/C53H35N/c1-3-14-36(15-4-1)37-26-31-41(32-27-37)54(40-17-5-2-6-18-40)42-33-28-39(29-34-42)44-22-13-25-49-51(44)52-43-19-8-7-16-38(43)30-35-50(52)53(49)47-23-11-9-20-45(47)46-21-10-12-24-48(46)53/h1-35H. The molecule has 0 radical (unpaired) electrons. The highest BCUT2D eigenvalue weighted by Gasteiger charge is 2.52. The summed E-state index contributed by atoms with van der Waals surface area (Å²) in [6.45, 7) is 0. The average Bonchev–Trinajstić information content (AvgIpc) is 3.73. The molecule has 2 aliphatic carbocycles. The smallest absolute Gasteiger partial charge is 0.0725 e. The van der Waals surface area contributed by atoms with Crippen molar-refractivity contribution in [3.8, 4) is 44.5 Å². The molecule has 11 rings (SSSR count).